The average molecular weight is 814 g/mol. The second kappa shape index (κ2) is 21.4. The van der Waals surface area contributed by atoms with Gasteiger partial charge in [0.15, 0.2) is 22.9 Å². The van der Waals surface area contributed by atoms with Crippen molar-refractivity contribution in [3.63, 3.8) is 0 Å². The summed E-state index contributed by atoms with van der Waals surface area (Å²) in [7, 11) is 0. The van der Waals surface area contributed by atoms with Gasteiger partial charge in [-0.1, -0.05) is 0 Å². The van der Waals surface area contributed by atoms with E-state index in [0.29, 0.717) is 11.4 Å². The number of ketones is 2. The lowest BCUT2D eigenvalue weighted by Gasteiger charge is -2.22. The highest BCUT2D eigenvalue weighted by molar-refractivity contribution is 7.80. The van der Waals surface area contributed by atoms with Crippen molar-refractivity contribution in [2.75, 3.05) is 23.3 Å². The number of aliphatic carboxylic acids is 3. The fourth-order valence-corrected chi connectivity index (χ4v) is 5.65. The van der Waals surface area contributed by atoms with Gasteiger partial charge in [-0.05, 0) is 43.5 Å². The number of carbonyl (C=O) groups is 7. The van der Waals surface area contributed by atoms with Gasteiger partial charge >= 0.3 is 17.9 Å². The van der Waals surface area contributed by atoms with Crippen LogP contribution in [0.25, 0.3) is 11.2 Å². The van der Waals surface area contributed by atoms with Crippen LogP contribution >= 0.6 is 12.6 Å². The zero-order valence-corrected chi connectivity index (χ0v) is 31.2. The van der Waals surface area contributed by atoms with Gasteiger partial charge in [0.25, 0.3) is 11.5 Å². The van der Waals surface area contributed by atoms with Crippen LogP contribution in [0.4, 0.5) is 11.6 Å². The van der Waals surface area contributed by atoms with Crippen LogP contribution in [0, 0.1) is 11.8 Å². The Balaban J connectivity index is 1.62. The first-order valence-corrected chi connectivity index (χ1v) is 17.9. The molecule has 0 saturated heterocycles. The molecule has 1 aromatic carbocycles. The molecule has 306 valence electrons. The molecule has 0 aliphatic carbocycles. The molecular formula is C34H43N11O11S. The number of guanidine groups is 1. The Morgan fingerprint density at radius 3 is 2.19 bits per heavy atom. The van der Waals surface area contributed by atoms with Gasteiger partial charge in [0.05, 0.1) is 36.8 Å². The standard InChI is InChI=1S/C34H43N11O11S/c35-33(36)38-9-1-2-17(29(51)43-23(12-25(48)49)24(47)11-18(15-57)31(53)54)10-21(46)7-8-22(32(55)56)42-28(50)16-3-5-19(6-4-16)39-13-20-14-40-27-26(41-20)30(52)45-34(37)44-27/h3-6,14,17-18,22-23,39,57H,1-2,7-13,15H2,(H,42,50)(H,43,51)(H,48,49)(H,53,54)(H,55,56)(H4,35,36,38)(H3,37,40,44,45,52)/t17-,18+,22+,23+/m0/s1. The molecule has 4 atom stereocenters. The smallest absolute Gasteiger partial charge is 0.326 e. The van der Waals surface area contributed by atoms with Gasteiger partial charge in [-0.3, -0.25) is 43.5 Å². The zero-order chi connectivity index (χ0) is 42.2. The molecule has 3 aromatic rings. The van der Waals surface area contributed by atoms with Crippen molar-refractivity contribution in [3.8, 4) is 0 Å². The number of rotatable bonds is 24. The number of nitrogens with zero attached hydrogens (tertiary/aromatic N) is 4. The predicted octanol–water partition coefficient (Wildman–Crippen LogP) is -0.951. The van der Waals surface area contributed by atoms with Crippen molar-refractivity contribution < 1.29 is 48.9 Å². The zero-order valence-electron chi connectivity index (χ0n) is 30.3. The van der Waals surface area contributed by atoms with Crippen LogP contribution in [-0.4, -0.2) is 107 Å². The minimum Gasteiger partial charge on any atom is -0.481 e. The number of thiol groups is 1. The third-order valence-electron chi connectivity index (χ3n) is 8.37. The van der Waals surface area contributed by atoms with E-state index in [4.69, 9.17) is 17.2 Å². The number of hydrogen-bond acceptors (Lipinski definition) is 15. The number of aromatic amines is 1. The molecule has 0 spiro atoms. The van der Waals surface area contributed by atoms with E-state index in [2.05, 4.69) is 53.5 Å². The topological polar surface area (TPSA) is 378 Å². The Labute approximate surface area is 328 Å². The maximum Gasteiger partial charge on any atom is 0.326 e. The lowest BCUT2D eigenvalue weighted by Crippen LogP contribution is -2.46. The average Bonchev–Trinajstić information content (AvgIpc) is 3.15. The summed E-state index contributed by atoms with van der Waals surface area (Å²) < 4.78 is 0. The Bertz CT molecular complexity index is 2060. The Morgan fingerprint density at radius 1 is 0.877 bits per heavy atom. The minimum absolute atomic E-state index is 0.00315. The van der Waals surface area contributed by atoms with E-state index in [1.54, 1.807) is 12.1 Å². The molecule has 0 unspecified atom stereocenters. The fraction of sp³-hybridized carbons (Fsp3) is 0.412. The molecule has 0 fully saturated rings. The third kappa shape index (κ3) is 14.5. The number of benzene rings is 1. The highest BCUT2D eigenvalue weighted by Gasteiger charge is 2.31. The minimum atomic E-state index is -1.60. The number of Topliss-reactive ketones (excluding diaryl/α,β-unsaturated/α-hetero) is 2. The molecule has 0 bridgehead atoms. The first-order valence-electron chi connectivity index (χ1n) is 17.3. The lowest BCUT2D eigenvalue weighted by atomic mass is 9.92. The van der Waals surface area contributed by atoms with Crippen LogP contribution in [0.5, 0.6) is 0 Å². The summed E-state index contributed by atoms with van der Waals surface area (Å²) in [6, 6.07) is 2.86. The molecule has 23 heteroatoms. The quantitative estimate of drug-likeness (QED) is 0.0225. The highest BCUT2D eigenvalue weighted by Crippen LogP contribution is 2.18. The van der Waals surface area contributed by atoms with E-state index < -0.39 is 90.0 Å². The van der Waals surface area contributed by atoms with Crippen LogP contribution < -0.4 is 38.7 Å². The first-order chi connectivity index (χ1) is 27.0. The van der Waals surface area contributed by atoms with E-state index >= 15 is 0 Å². The Morgan fingerprint density at radius 2 is 1.58 bits per heavy atom. The van der Waals surface area contributed by atoms with Gasteiger partial charge in [0, 0.05) is 48.7 Å². The number of amides is 2. The first kappa shape index (κ1) is 44.7. The van der Waals surface area contributed by atoms with Gasteiger partial charge in [-0.2, -0.15) is 17.6 Å². The summed E-state index contributed by atoms with van der Waals surface area (Å²) in [6.45, 7) is 0.219. The monoisotopic (exact) mass is 813 g/mol. The van der Waals surface area contributed by atoms with Gasteiger partial charge in [-0.25, -0.2) is 14.8 Å². The van der Waals surface area contributed by atoms with Crippen molar-refractivity contribution >= 4 is 82.7 Å². The lowest BCUT2D eigenvalue weighted by molar-refractivity contribution is -0.144. The molecule has 0 radical (unpaired) electrons. The number of H-pyrrole nitrogens is 1. The van der Waals surface area contributed by atoms with Crippen LogP contribution in [0.15, 0.2) is 40.2 Å². The van der Waals surface area contributed by atoms with E-state index in [1.165, 1.54) is 18.3 Å². The van der Waals surface area contributed by atoms with Crippen molar-refractivity contribution in [2.24, 2.45) is 28.3 Å². The SMILES string of the molecule is NC(N)=NCCC[C@@H](CC(=O)CC[C@@H](NC(=O)c1ccc(NCc2cnc3nc(N)[nH]c(=O)c3n2)cc1)C(=O)O)C(=O)N[C@H](CC(=O)O)C(=O)C[C@H](CS)C(=O)O. The Hall–Kier alpha value is -6.65. The van der Waals surface area contributed by atoms with Crippen LogP contribution in [-0.2, 0) is 35.3 Å². The normalized spacial score (nSPS) is 13.0. The number of carboxylic acids is 3. The summed E-state index contributed by atoms with van der Waals surface area (Å²) in [5, 5.41) is 36.2. The number of anilines is 2. The van der Waals surface area contributed by atoms with E-state index in [9.17, 15) is 53.7 Å². The number of aromatic nitrogens is 4. The molecule has 2 amide bonds. The second-order valence-electron chi connectivity index (χ2n) is 12.8. The maximum atomic E-state index is 13.3. The molecule has 0 saturated carbocycles. The number of nitrogens with two attached hydrogens (primary N) is 3. The van der Waals surface area contributed by atoms with Gasteiger partial charge in [-0.15, -0.1) is 0 Å². The molecular weight excluding hydrogens is 771 g/mol. The summed E-state index contributed by atoms with van der Waals surface area (Å²) in [5.74, 6) is -10.2. The molecule has 0 aliphatic heterocycles. The number of carbonyl (C=O) groups excluding carboxylic acids is 4. The fourth-order valence-electron chi connectivity index (χ4n) is 5.37. The molecule has 2 aromatic heterocycles. The van der Waals surface area contributed by atoms with Gasteiger partial charge < -0.3 is 48.5 Å². The number of carboxylic acid groups (broad SMARTS) is 3. The number of fused-ring (bicyclic) bond motifs is 1. The largest absolute Gasteiger partial charge is 0.481 e. The van der Waals surface area contributed by atoms with E-state index in [-0.39, 0.29) is 73.2 Å². The van der Waals surface area contributed by atoms with Crippen molar-refractivity contribution in [1.29, 1.82) is 0 Å². The highest BCUT2D eigenvalue weighted by atomic mass is 32.1. The maximum absolute atomic E-state index is 13.3. The third-order valence-corrected chi connectivity index (χ3v) is 8.81. The molecule has 22 nitrogen and oxygen atoms in total. The van der Waals surface area contributed by atoms with Crippen LogP contribution in [0.2, 0.25) is 0 Å². The number of nitrogens with one attached hydrogen (secondary N) is 4. The summed E-state index contributed by atoms with van der Waals surface area (Å²) in [6.07, 6.45) is -1.02. The second-order valence-corrected chi connectivity index (χ2v) is 13.1. The van der Waals surface area contributed by atoms with Crippen molar-refractivity contribution in [3.05, 3.63) is 52.1 Å². The summed E-state index contributed by atoms with van der Waals surface area (Å²) in [4.78, 5) is 118. The predicted molar refractivity (Wildman–Crippen MR) is 206 cm³/mol. The van der Waals surface area contributed by atoms with Crippen molar-refractivity contribution in [2.45, 2.75) is 63.6 Å². The van der Waals surface area contributed by atoms with Gasteiger partial charge in [0.2, 0.25) is 11.9 Å². The molecule has 57 heavy (non-hydrogen) atoms. The van der Waals surface area contributed by atoms with Crippen LogP contribution in [0.3, 0.4) is 0 Å². The molecule has 13 N–H and O–H groups in total. The van der Waals surface area contributed by atoms with Crippen LogP contribution in [0.1, 0.15) is 61.0 Å². The van der Waals surface area contributed by atoms with Crippen molar-refractivity contribution in [1.82, 2.24) is 30.6 Å². The van der Waals surface area contributed by atoms with E-state index in [1.807, 2.05) is 0 Å². The van der Waals surface area contributed by atoms with E-state index in [0.717, 1.165) is 0 Å². The number of nitrogen functional groups attached to an aromatic ring is 1. The number of aliphatic imine (C=N–C) groups is 1. The summed E-state index contributed by atoms with van der Waals surface area (Å²) >= 11 is 3.91. The summed E-state index contributed by atoms with van der Waals surface area (Å²) in [5.41, 5.74) is 16.8. The molecule has 2 heterocycles. The molecule has 0 aliphatic rings. The van der Waals surface area contributed by atoms with Gasteiger partial charge in [0.1, 0.15) is 11.8 Å². The number of hydrogen-bond donors (Lipinski definition) is 11. The molecule has 3 rings (SSSR count). The Kier molecular flexibility index (Phi) is 16.8.